The standard InChI is InChI=1S/C40H52N8O14/c1-19(2)33(40(61)62)47-37(58)28(15-22-18-42-25-7-5-4-6-24(22)25)46-39(60)34(20(3)49)48-38(59)29(16-32(54)55)45-36(57)27(14-21-8-10-23(50)11-9-21)44-35(56)26(12-13-31(52)53)43-30(51)17-41/h4-11,18-20,26-29,33-34,42,49-50H,12-17,41H2,1-3H3,(H,43,51)(H,44,56)(H,45,57)(H,46,60)(H,47,58)(H,48,59)(H,52,53)(H,54,55)(H,61,62)/t20-,26+,27+,28+,29+,33+,34+/m1/s1. The first-order valence-corrected chi connectivity index (χ1v) is 19.4. The molecule has 0 aliphatic heterocycles. The van der Waals surface area contributed by atoms with Crippen molar-refractivity contribution in [1.29, 1.82) is 0 Å². The fraction of sp³-hybridized carbons (Fsp3) is 0.425. The molecule has 6 amide bonds. The van der Waals surface area contributed by atoms with E-state index in [4.69, 9.17) is 5.73 Å². The Morgan fingerprint density at radius 3 is 1.77 bits per heavy atom. The number of fused-ring (bicyclic) bond motifs is 1. The fourth-order valence-electron chi connectivity index (χ4n) is 6.21. The summed E-state index contributed by atoms with van der Waals surface area (Å²) in [6.45, 7) is 3.66. The zero-order valence-corrected chi connectivity index (χ0v) is 34.0. The Hall–Kier alpha value is -7.07. The summed E-state index contributed by atoms with van der Waals surface area (Å²) in [5.41, 5.74) is 6.93. The van der Waals surface area contributed by atoms with E-state index in [9.17, 15) is 68.7 Å². The van der Waals surface area contributed by atoms with Crippen LogP contribution in [0.15, 0.2) is 54.7 Å². The highest BCUT2D eigenvalue weighted by Crippen LogP contribution is 2.20. The highest BCUT2D eigenvalue weighted by Gasteiger charge is 2.36. The van der Waals surface area contributed by atoms with Gasteiger partial charge in [-0.3, -0.25) is 38.4 Å². The number of aromatic nitrogens is 1. The van der Waals surface area contributed by atoms with Crippen LogP contribution >= 0.6 is 0 Å². The number of aliphatic hydroxyl groups is 1. The second-order valence-corrected chi connectivity index (χ2v) is 14.8. The number of amides is 6. The topological polar surface area (TPSA) is 369 Å². The molecule has 3 aromatic rings. The lowest BCUT2D eigenvalue weighted by Gasteiger charge is -2.28. The molecule has 0 saturated heterocycles. The number of hydrogen-bond acceptors (Lipinski definition) is 12. The van der Waals surface area contributed by atoms with Crippen LogP contribution in [0.5, 0.6) is 5.75 Å². The number of aromatic hydroxyl groups is 1. The van der Waals surface area contributed by atoms with Crippen molar-refractivity contribution in [2.75, 3.05) is 6.54 Å². The SMILES string of the molecule is CC(C)[C@H](NC(=O)[C@H](Cc1c[nH]c2ccccc12)NC(=O)[C@@H](NC(=O)[C@H](CC(=O)O)NC(=O)[C@H](Cc1ccc(O)cc1)NC(=O)[C@H](CCC(=O)O)NC(=O)CN)[C@@H](C)O)C(=O)O. The Kier molecular flexibility index (Phi) is 18.3. The lowest BCUT2D eigenvalue weighted by Crippen LogP contribution is -2.62. The number of carboxylic acids is 3. The van der Waals surface area contributed by atoms with Crippen molar-refractivity contribution < 1.29 is 68.7 Å². The van der Waals surface area contributed by atoms with Crippen molar-refractivity contribution in [3.8, 4) is 5.75 Å². The van der Waals surface area contributed by atoms with Gasteiger partial charge in [0.1, 0.15) is 42.0 Å². The number of hydrogen-bond donors (Lipinski definition) is 13. The lowest BCUT2D eigenvalue weighted by atomic mass is 10.0. The van der Waals surface area contributed by atoms with Crippen LogP contribution in [0.1, 0.15) is 51.2 Å². The highest BCUT2D eigenvalue weighted by molar-refractivity contribution is 5.98. The highest BCUT2D eigenvalue weighted by atomic mass is 16.4. The van der Waals surface area contributed by atoms with Crippen molar-refractivity contribution in [2.45, 2.75) is 95.2 Å². The molecule has 0 unspecified atom stereocenters. The Balaban J connectivity index is 1.91. The summed E-state index contributed by atoms with van der Waals surface area (Å²) in [7, 11) is 0. The number of carbonyl (C=O) groups excluding carboxylic acids is 6. The van der Waals surface area contributed by atoms with Gasteiger partial charge < -0.3 is 68.2 Å². The second kappa shape index (κ2) is 23.1. The number of aliphatic carboxylic acids is 3. The molecular formula is C40H52N8O14. The monoisotopic (exact) mass is 868 g/mol. The van der Waals surface area contributed by atoms with E-state index in [1.165, 1.54) is 24.3 Å². The second-order valence-electron chi connectivity index (χ2n) is 14.8. The molecule has 0 spiro atoms. The number of H-pyrrole nitrogens is 1. The number of phenolic OH excluding ortho intramolecular Hbond substituents is 1. The van der Waals surface area contributed by atoms with Gasteiger partial charge in [0.05, 0.1) is 19.1 Å². The Morgan fingerprint density at radius 2 is 1.19 bits per heavy atom. The third kappa shape index (κ3) is 14.9. The van der Waals surface area contributed by atoms with E-state index < -0.39 is 127 Å². The lowest BCUT2D eigenvalue weighted by molar-refractivity contribution is -0.143. The van der Waals surface area contributed by atoms with Crippen molar-refractivity contribution in [3.05, 3.63) is 65.9 Å². The van der Waals surface area contributed by atoms with Crippen LogP contribution in [0.25, 0.3) is 10.9 Å². The van der Waals surface area contributed by atoms with Gasteiger partial charge in [0.2, 0.25) is 35.4 Å². The molecule has 62 heavy (non-hydrogen) atoms. The molecule has 0 aliphatic rings. The average Bonchev–Trinajstić information content (AvgIpc) is 3.61. The Bertz CT molecular complexity index is 2100. The molecule has 7 atom stereocenters. The minimum atomic E-state index is -1.97. The first kappa shape index (κ1) is 49.3. The van der Waals surface area contributed by atoms with E-state index in [0.29, 0.717) is 22.0 Å². The number of carboxylic acid groups (broad SMARTS) is 3. The van der Waals surface area contributed by atoms with E-state index >= 15 is 0 Å². The quantitative estimate of drug-likeness (QED) is 0.0463. The molecule has 0 bridgehead atoms. The molecule has 22 heteroatoms. The van der Waals surface area contributed by atoms with Gasteiger partial charge >= 0.3 is 17.9 Å². The molecule has 0 radical (unpaired) electrons. The maximum atomic E-state index is 13.8. The molecule has 1 aromatic heterocycles. The molecule has 0 saturated carbocycles. The Morgan fingerprint density at radius 1 is 0.645 bits per heavy atom. The van der Waals surface area contributed by atoms with Crippen LogP contribution in [0, 0.1) is 5.92 Å². The van der Waals surface area contributed by atoms with Crippen molar-refractivity contribution in [2.24, 2.45) is 11.7 Å². The van der Waals surface area contributed by atoms with Crippen LogP contribution < -0.4 is 37.6 Å². The third-order valence-corrected chi connectivity index (χ3v) is 9.53. The predicted molar refractivity (Wildman–Crippen MR) is 218 cm³/mol. The first-order chi connectivity index (χ1) is 29.2. The molecule has 14 N–H and O–H groups in total. The number of aromatic amines is 1. The molecule has 1 heterocycles. The van der Waals surface area contributed by atoms with E-state index in [-0.39, 0.29) is 18.6 Å². The van der Waals surface area contributed by atoms with Crippen molar-refractivity contribution in [1.82, 2.24) is 36.9 Å². The normalized spacial score (nSPS) is 14.5. The van der Waals surface area contributed by atoms with Gasteiger partial charge in [-0.25, -0.2) is 4.79 Å². The summed E-state index contributed by atoms with van der Waals surface area (Å²) in [4.78, 5) is 119. The van der Waals surface area contributed by atoms with Gasteiger partial charge in [0.25, 0.3) is 0 Å². The summed E-state index contributed by atoms with van der Waals surface area (Å²) < 4.78 is 0. The van der Waals surface area contributed by atoms with Gasteiger partial charge in [0.15, 0.2) is 0 Å². The zero-order valence-electron chi connectivity index (χ0n) is 34.0. The van der Waals surface area contributed by atoms with Gasteiger partial charge in [-0.15, -0.1) is 0 Å². The third-order valence-electron chi connectivity index (χ3n) is 9.53. The van der Waals surface area contributed by atoms with Gasteiger partial charge in [0, 0.05) is 36.4 Å². The summed E-state index contributed by atoms with van der Waals surface area (Å²) in [6, 6.07) is 2.53. The maximum absolute atomic E-state index is 13.8. The number of phenols is 1. The molecule has 3 rings (SSSR count). The van der Waals surface area contributed by atoms with E-state index in [0.717, 1.165) is 6.92 Å². The average molecular weight is 869 g/mol. The summed E-state index contributed by atoms with van der Waals surface area (Å²) in [5.74, 6) is -11.3. The van der Waals surface area contributed by atoms with E-state index in [1.54, 1.807) is 44.3 Å². The summed E-state index contributed by atoms with van der Waals surface area (Å²) in [5, 5.41) is 63.7. The van der Waals surface area contributed by atoms with E-state index in [2.05, 4.69) is 36.9 Å². The molecule has 0 aliphatic carbocycles. The van der Waals surface area contributed by atoms with Crippen LogP contribution in [-0.4, -0.2) is 133 Å². The minimum Gasteiger partial charge on any atom is -0.508 e. The number of rotatable bonds is 24. The molecular weight excluding hydrogens is 816 g/mol. The largest absolute Gasteiger partial charge is 0.508 e. The summed E-state index contributed by atoms with van der Waals surface area (Å²) in [6.07, 6.45) is -2.73. The van der Waals surface area contributed by atoms with Gasteiger partial charge in [-0.05, 0) is 48.6 Å². The number of para-hydroxylation sites is 1. The van der Waals surface area contributed by atoms with E-state index in [1.807, 2.05) is 0 Å². The van der Waals surface area contributed by atoms with Crippen LogP contribution in [0.3, 0.4) is 0 Å². The molecule has 2 aromatic carbocycles. The minimum absolute atomic E-state index is 0.142. The Labute approximate surface area is 354 Å². The molecule has 0 fully saturated rings. The number of nitrogens with one attached hydrogen (secondary N) is 7. The van der Waals surface area contributed by atoms with Gasteiger partial charge in [-0.2, -0.15) is 0 Å². The van der Waals surface area contributed by atoms with Crippen LogP contribution in [0.4, 0.5) is 0 Å². The van der Waals surface area contributed by atoms with Crippen LogP contribution in [0.2, 0.25) is 0 Å². The number of carbonyl (C=O) groups is 9. The fourth-order valence-corrected chi connectivity index (χ4v) is 6.21. The summed E-state index contributed by atoms with van der Waals surface area (Å²) >= 11 is 0. The molecule has 336 valence electrons. The number of aliphatic hydroxyl groups excluding tert-OH is 1. The smallest absolute Gasteiger partial charge is 0.326 e. The number of nitrogens with two attached hydrogens (primary N) is 1. The first-order valence-electron chi connectivity index (χ1n) is 19.4. The van der Waals surface area contributed by atoms with Crippen molar-refractivity contribution >= 4 is 64.3 Å². The maximum Gasteiger partial charge on any atom is 0.326 e. The van der Waals surface area contributed by atoms with Crippen LogP contribution in [-0.2, 0) is 56.0 Å². The predicted octanol–water partition coefficient (Wildman–Crippen LogP) is -2.01. The molecule has 22 nitrogen and oxygen atoms in total. The van der Waals surface area contributed by atoms with Crippen molar-refractivity contribution in [3.63, 3.8) is 0 Å². The van der Waals surface area contributed by atoms with Gasteiger partial charge in [-0.1, -0.05) is 44.2 Å². The number of benzene rings is 2. The zero-order chi connectivity index (χ0) is 46.3.